The van der Waals surface area contributed by atoms with Gasteiger partial charge < -0.3 is 15.2 Å². The van der Waals surface area contributed by atoms with E-state index in [0.29, 0.717) is 18.0 Å². The molecule has 2 aromatic rings. The molecule has 19 heavy (non-hydrogen) atoms. The number of ether oxygens (including phenoxy) is 2. The predicted molar refractivity (Wildman–Crippen MR) is 83.6 cm³/mol. The molecule has 0 amide bonds. The molecule has 100 valence electrons. The van der Waals surface area contributed by atoms with E-state index in [1.807, 2.05) is 36.4 Å². The highest BCUT2D eigenvalue weighted by atomic mass is 79.9. The van der Waals surface area contributed by atoms with E-state index in [4.69, 9.17) is 15.2 Å². The van der Waals surface area contributed by atoms with Crippen molar-refractivity contribution in [3.05, 3.63) is 50.9 Å². The van der Waals surface area contributed by atoms with Gasteiger partial charge in [0, 0.05) is 0 Å². The molecule has 0 aliphatic rings. The maximum absolute atomic E-state index is 5.86. The Morgan fingerprint density at radius 1 is 1.11 bits per heavy atom. The third kappa shape index (κ3) is 3.42. The van der Waals surface area contributed by atoms with Crippen LogP contribution < -0.4 is 15.2 Å². The highest BCUT2D eigenvalue weighted by molar-refractivity contribution is 9.11. The van der Waals surface area contributed by atoms with Crippen LogP contribution in [0.25, 0.3) is 0 Å². The maximum Gasteiger partial charge on any atom is 0.148 e. The van der Waals surface area contributed by atoms with Gasteiger partial charge in [-0.3, -0.25) is 0 Å². The molecule has 5 heteroatoms. The van der Waals surface area contributed by atoms with Crippen LogP contribution in [0, 0.1) is 0 Å². The zero-order valence-corrected chi connectivity index (χ0v) is 13.5. The third-order valence-electron chi connectivity index (χ3n) is 2.60. The number of nitrogens with two attached hydrogens (primary N) is 1. The van der Waals surface area contributed by atoms with Crippen LogP contribution in [0.2, 0.25) is 0 Å². The molecule has 0 atom stereocenters. The first kappa shape index (κ1) is 14.2. The first-order chi connectivity index (χ1) is 9.11. The molecule has 0 aliphatic heterocycles. The molecule has 0 saturated heterocycles. The van der Waals surface area contributed by atoms with Crippen molar-refractivity contribution in [2.24, 2.45) is 0 Å². The van der Waals surface area contributed by atoms with Crippen LogP contribution in [0.15, 0.2) is 45.3 Å². The van der Waals surface area contributed by atoms with Gasteiger partial charge in [0.1, 0.15) is 18.1 Å². The monoisotopic (exact) mass is 385 g/mol. The van der Waals surface area contributed by atoms with Crippen molar-refractivity contribution in [1.29, 1.82) is 0 Å². The van der Waals surface area contributed by atoms with E-state index in [-0.39, 0.29) is 0 Å². The highest BCUT2D eigenvalue weighted by Gasteiger charge is 2.07. The molecule has 0 fully saturated rings. The van der Waals surface area contributed by atoms with E-state index < -0.39 is 0 Å². The zero-order chi connectivity index (χ0) is 13.8. The molecule has 2 aromatic carbocycles. The second-order valence-electron chi connectivity index (χ2n) is 3.92. The number of para-hydroxylation sites is 1. The fourth-order valence-corrected chi connectivity index (χ4v) is 2.88. The summed E-state index contributed by atoms with van der Waals surface area (Å²) in [4.78, 5) is 0. The van der Waals surface area contributed by atoms with Crippen molar-refractivity contribution in [3.63, 3.8) is 0 Å². The van der Waals surface area contributed by atoms with E-state index in [9.17, 15) is 0 Å². The molecule has 0 aliphatic carbocycles. The molecule has 0 radical (unpaired) electrons. The zero-order valence-electron chi connectivity index (χ0n) is 10.3. The van der Waals surface area contributed by atoms with Crippen molar-refractivity contribution < 1.29 is 9.47 Å². The Kier molecular flexibility index (Phi) is 4.71. The summed E-state index contributed by atoms with van der Waals surface area (Å²) in [5.41, 5.74) is 7.45. The van der Waals surface area contributed by atoms with Crippen LogP contribution in [0.1, 0.15) is 5.56 Å². The van der Waals surface area contributed by atoms with Gasteiger partial charge in [0.2, 0.25) is 0 Å². The van der Waals surface area contributed by atoms with Crippen LogP contribution in [-0.4, -0.2) is 7.11 Å². The third-order valence-corrected chi connectivity index (χ3v) is 3.85. The highest BCUT2D eigenvalue weighted by Crippen LogP contribution is 2.33. The van der Waals surface area contributed by atoms with Crippen molar-refractivity contribution >= 4 is 37.5 Å². The Labute approximate surface area is 129 Å². The molecule has 0 saturated carbocycles. The van der Waals surface area contributed by atoms with Gasteiger partial charge in [0.15, 0.2) is 0 Å². The summed E-state index contributed by atoms with van der Waals surface area (Å²) < 4.78 is 12.7. The van der Waals surface area contributed by atoms with Crippen LogP contribution in [0.5, 0.6) is 11.5 Å². The van der Waals surface area contributed by atoms with Gasteiger partial charge in [-0.15, -0.1) is 0 Å². The minimum Gasteiger partial charge on any atom is -0.495 e. The molecule has 3 nitrogen and oxygen atoms in total. The van der Waals surface area contributed by atoms with E-state index in [1.54, 1.807) is 7.11 Å². The summed E-state index contributed by atoms with van der Waals surface area (Å²) in [6, 6.07) is 11.4. The van der Waals surface area contributed by atoms with Gasteiger partial charge in [0.05, 0.1) is 21.7 Å². The van der Waals surface area contributed by atoms with Gasteiger partial charge in [-0.25, -0.2) is 0 Å². The van der Waals surface area contributed by atoms with Crippen molar-refractivity contribution in [3.8, 4) is 11.5 Å². The predicted octanol–water partition coefficient (Wildman–Crippen LogP) is 4.38. The standard InChI is InChI=1S/C14H13Br2NO2/c1-18-13-6-5-9(7-12(13)17)8-19-14-10(15)3-2-4-11(14)16/h2-7H,8,17H2,1H3. The summed E-state index contributed by atoms with van der Waals surface area (Å²) in [5.74, 6) is 1.45. The molecule has 0 heterocycles. The van der Waals surface area contributed by atoms with Gasteiger partial charge in [-0.05, 0) is 61.7 Å². The number of hydrogen-bond donors (Lipinski definition) is 1. The van der Waals surface area contributed by atoms with Gasteiger partial charge >= 0.3 is 0 Å². The maximum atomic E-state index is 5.86. The van der Waals surface area contributed by atoms with Crippen molar-refractivity contribution in [1.82, 2.24) is 0 Å². The minimum atomic E-state index is 0.440. The molecule has 0 aromatic heterocycles. The molecule has 0 spiro atoms. The Hall–Kier alpha value is -1.20. The first-order valence-electron chi connectivity index (χ1n) is 5.61. The summed E-state index contributed by atoms with van der Waals surface area (Å²) in [7, 11) is 1.60. The molecular formula is C14H13Br2NO2. The fourth-order valence-electron chi connectivity index (χ4n) is 1.65. The van der Waals surface area contributed by atoms with E-state index >= 15 is 0 Å². The Morgan fingerprint density at radius 2 is 1.79 bits per heavy atom. The summed E-state index contributed by atoms with van der Waals surface area (Å²) >= 11 is 6.92. The molecule has 2 N–H and O–H groups in total. The van der Waals surface area contributed by atoms with Crippen molar-refractivity contribution in [2.75, 3.05) is 12.8 Å². The average molecular weight is 387 g/mol. The van der Waals surface area contributed by atoms with E-state index in [2.05, 4.69) is 31.9 Å². The number of hydrogen-bond acceptors (Lipinski definition) is 3. The van der Waals surface area contributed by atoms with Gasteiger partial charge in [-0.2, -0.15) is 0 Å². The first-order valence-corrected chi connectivity index (χ1v) is 7.19. The van der Waals surface area contributed by atoms with Crippen LogP contribution >= 0.6 is 31.9 Å². The smallest absolute Gasteiger partial charge is 0.148 e. The average Bonchev–Trinajstić information content (AvgIpc) is 2.38. The number of anilines is 1. The van der Waals surface area contributed by atoms with Crippen LogP contribution in [0.3, 0.4) is 0 Å². The molecule has 0 bridgehead atoms. The lowest BCUT2D eigenvalue weighted by molar-refractivity contribution is 0.302. The second kappa shape index (κ2) is 6.30. The Bertz CT molecular complexity index is 567. The minimum absolute atomic E-state index is 0.440. The summed E-state index contributed by atoms with van der Waals surface area (Å²) in [6.07, 6.45) is 0. The summed E-state index contributed by atoms with van der Waals surface area (Å²) in [6.45, 7) is 0.440. The van der Waals surface area contributed by atoms with Crippen LogP contribution in [0.4, 0.5) is 5.69 Å². The number of benzene rings is 2. The molecular weight excluding hydrogens is 374 g/mol. The van der Waals surface area contributed by atoms with E-state index in [1.165, 1.54) is 0 Å². The Morgan fingerprint density at radius 3 is 2.37 bits per heavy atom. The topological polar surface area (TPSA) is 44.5 Å². The Balaban J connectivity index is 2.13. The largest absolute Gasteiger partial charge is 0.495 e. The lowest BCUT2D eigenvalue weighted by Gasteiger charge is -2.11. The fraction of sp³-hybridized carbons (Fsp3) is 0.143. The van der Waals surface area contributed by atoms with Crippen molar-refractivity contribution in [2.45, 2.75) is 6.61 Å². The van der Waals surface area contributed by atoms with Crippen LogP contribution in [-0.2, 0) is 6.61 Å². The SMILES string of the molecule is COc1ccc(COc2c(Br)cccc2Br)cc1N. The molecule has 0 unspecified atom stereocenters. The number of nitrogen functional groups attached to an aromatic ring is 1. The second-order valence-corrected chi connectivity index (χ2v) is 5.62. The van der Waals surface area contributed by atoms with Gasteiger partial charge in [-0.1, -0.05) is 12.1 Å². The van der Waals surface area contributed by atoms with Gasteiger partial charge in [0.25, 0.3) is 0 Å². The normalized spacial score (nSPS) is 10.3. The lowest BCUT2D eigenvalue weighted by Crippen LogP contribution is -1.99. The molecule has 2 rings (SSSR count). The van der Waals surface area contributed by atoms with E-state index in [0.717, 1.165) is 20.3 Å². The number of rotatable bonds is 4. The summed E-state index contributed by atoms with van der Waals surface area (Å²) in [5, 5.41) is 0. The number of methoxy groups -OCH3 is 1. The quantitative estimate of drug-likeness (QED) is 0.793. The lowest BCUT2D eigenvalue weighted by atomic mass is 10.2. The number of halogens is 2.